The first-order valence-electron chi connectivity index (χ1n) is 10.5. The summed E-state index contributed by atoms with van der Waals surface area (Å²) in [5.41, 5.74) is 2.92. The van der Waals surface area contributed by atoms with E-state index in [0.29, 0.717) is 30.8 Å². The standard InChI is InChI=1S/C22H27N3O5S2/c1-16-4-7-20(8-5-16)32(29,30)24-12-10-23(11-13-24)22(26)18-6-9-21-19(15-18)14-17(2)25(21)31(3,27)28/h4-9,15,17H,10-14H2,1-3H3/t17-/m1/s1. The summed E-state index contributed by atoms with van der Waals surface area (Å²) in [6.07, 6.45) is 1.73. The van der Waals surface area contributed by atoms with Crippen molar-refractivity contribution in [1.82, 2.24) is 9.21 Å². The molecule has 1 amide bonds. The van der Waals surface area contributed by atoms with Crippen LogP contribution in [-0.2, 0) is 26.5 Å². The molecule has 2 heterocycles. The molecular weight excluding hydrogens is 450 g/mol. The molecule has 2 aromatic carbocycles. The Morgan fingerprint density at radius 3 is 2.16 bits per heavy atom. The predicted molar refractivity (Wildman–Crippen MR) is 123 cm³/mol. The van der Waals surface area contributed by atoms with Crippen LogP contribution in [0.2, 0.25) is 0 Å². The van der Waals surface area contributed by atoms with Crippen LogP contribution in [-0.4, -0.2) is 70.4 Å². The Kier molecular flexibility index (Phi) is 5.81. The van der Waals surface area contributed by atoms with Crippen LogP contribution >= 0.6 is 0 Å². The van der Waals surface area contributed by atoms with Gasteiger partial charge in [-0.15, -0.1) is 0 Å². The Labute approximate surface area is 189 Å². The van der Waals surface area contributed by atoms with Gasteiger partial charge in [-0.05, 0) is 56.2 Å². The highest BCUT2D eigenvalue weighted by Crippen LogP contribution is 2.35. The van der Waals surface area contributed by atoms with E-state index in [1.54, 1.807) is 47.4 Å². The summed E-state index contributed by atoms with van der Waals surface area (Å²) >= 11 is 0. The number of rotatable bonds is 4. The molecular formula is C22H27N3O5S2. The van der Waals surface area contributed by atoms with Crippen molar-refractivity contribution in [1.29, 1.82) is 0 Å². The van der Waals surface area contributed by atoms with Gasteiger partial charge in [0.2, 0.25) is 20.0 Å². The SMILES string of the molecule is Cc1ccc(S(=O)(=O)N2CCN(C(=O)c3ccc4c(c3)C[C@@H](C)N4S(C)(=O)=O)CC2)cc1. The van der Waals surface area contributed by atoms with Crippen molar-refractivity contribution in [3.8, 4) is 0 Å². The maximum atomic E-state index is 13.0. The molecule has 10 heteroatoms. The average molecular weight is 478 g/mol. The fourth-order valence-corrected chi connectivity index (χ4v) is 7.10. The van der Waals surface area contributed by atoms with E-state index in [1.165, 1.54) is 14.9 Å². The van der Waals surface area contributed by atoms with E-state index < -0.39 is 20.0 Å². The van der Waals surface area contributed by atoms with Crippen LogP contribution in [0.15, 0.2) is 47.4 Å². The van der Waals surface area contributed by atoms with Crippen LogP contribution < -0.4 is 4.31 Å². The second kappa shape index (κ2) is 8.17. The van der Waals surface area contributed by atoms with Gasteiger partial charge in [-0.1, -0.05) is 17.7 Å². The van der Waals surface area contributed by atoms with Gasteiger partial charge >= 0.3 is 0 Å². The maximum absolute atomic E-state index is 13.0. The molecule has 0 radical (unpaired) electrons. The summed E-state index contributed by atoms with van der Waals surface area (Å²) in [7, 11) is -6.98. The highest BCUT2D eigenvalue weighted by Gasteiger charge is 2.34. The summed E-state index contributed by atoms with van der Waals surface area (Å²) in [4.78, 5) is 15.0. The maximum Gasteiger partial charge on any atom is 0.253 e. The number of sulfonamides is 2. The van der Waals surface area contributed by atoms with Crippen LogP contribution in [0.4, 0.5) is 5.69 Å². The number of benzene rings is 2. The molecule has 32 heavy (non-hydrogen) atoms. The Morgan fingerprint density at radius 1 is 0.938 bits per heavy atom. The number of carbonyl (C=O) groups is 1. The van der Waals surface area contributed by atoms with Crippen molar-refractivity contribution in [2.75, 3.05) is 36.7 Å². The van der Waals surface area contributed by atoms with Gasteiger partial charge in [0.25, 0.3) is 5.91 Å². The molecule has 2 aliphatic heterocycles. The van der Waals surface area contributed by atoms with E-state index in [-0.39, 0.29) is 29.9 Å². The van der Waals surface area contributed by atoms with E-state index in [0.717, 1.165) is 11.1 Å². The zero-order chi connectivity index (χ0) is 23.3. The van der Waals surface area contributed by atoms with Gasteiger partial charge in [0.1, 0.15) is 0 Å². The van der Waals surface area contributed by atoms with Gasteiger partial charge < -0.3 is 4.90 Å². The lowest BCUT2D eigenvalue weighted by Crippen LogP contribution is -2.50. The topological polar surface area (TPSA) is 95.1 Å². The number of carbonyl (C=O) groups excluding carboxylic acids is 1. The zero-order valence-corrected chi connectivity index (χ0v) is 20.0. The van der Waals surface area contributed by atoms with E-state index in [1.807, 2.05) is 13.8 Å². The third-order valence-corrected chi connectivity index (χ3v) is 9.21. The van der Waals surface area contributed by atoms with Gasteiger partial charge in [0, 0.05) is 37.8 Å². The van der Waals surface area contributed by atoms with Gasteiger partial charge in [-0.2, -0.15) is 4.31 Å². The summed E-state index contributed by atoms with van der Waals surface area (Å²) in [5.74, 6) is -0.175. The first kappa shape index (κ1) is 22.8. The second-order valence-electron chi connectivity index (χ2n) is 8.46. The quantitative estimate of drug-likeness (QED) is 0.670. The van der Waals surface area contributed by atoms with Crippen molar-refractivity contribution < 1.29 is 21.6 Å². The third kappa shape index (κ3) is 4.14. The molecule has 0 spiro atoms. The lowest BCUT2D eigenvalue weighted by molar-refractivity contribution is 0.0698. The van der Waals surface area contributed by atoms with E-state index in [2.05, 4.69) is 0 Å². The van der Waals surface area contributed by atoms with Crippen molar-refractivity contribution in [2.24, 2.45) is 0 Å². The molecule has 4 rings (SSSR count). The van der Waals surface area contributed by atoms with Crippen LogP contribution in [0.3, 0.4) is 0 Å². The first-order chi connectivity index (χ1) is 15.0. The minimum absolute atomic E-state index is 0.175. The number of piperazine rings is 1. The van der Waals surface area contributed by atoms with Gasteiger partial charge in [0.15, 0.2) is 0 Å². The molecule has 0 N–H and O–H groups in total. The number of hydrogen-bond donors (Lipinski definition) is 0. The molecule has 0 bridgehead atoms. The van der Waals surface area contributed by atoms with Crippen molar-refractivity contribution in [3.63, 3.8) is 0 Å². The molecule has 1 atom stereocenters. The number of fused-ring (bicyclic) bond motifs is 1. The monoisotopic (exact) mass is 477 g/mol. The van der Waals surface area contributed by atoms with E-state index in [4.69, 9.17) is 0 Å². The summed E-state index contributed by atoms with van der Waals surface area (Å²) < 4.78 is 52.8. The molecule has 1 fully saturated rings. The van der Waals surface area contributed by atoms with Crippen molar-refractivity contribution in [3.05, 3.63) is 59.2 Å². The molecule has 0 aliphatic carbocycles. The second-order valence-corrected chi connectivity index (χ2v) is 12.3. The summed E-state index contributed by atoms with van der Waals surface area (Å²) in [6.45, 7) is 4.80. The lowest BCUT2D eigenvalue weighted by atomic mass is 10.1. The average Bonchev–Trinajstić information content (AvgIpc) is 3.09. The molecule has 2 aliphatic rings. The smallest absolute Gasteiger partial charge is 0.253 e. The normalized spacial score (nSPS) is 19.8. The van der Waals surface area contributed by atoms with Crippen molar-refractivity contribution >= 4 is 31.6 Å². The number of aryl methyl sites for hydroxylation is 1. The van der Waals surface area contributed by atoms with Crippen LogP contribution in [0.5, 0.6) is 0 Å². The Hall–Kier alpha value is -2.43. The van der Waals surface area contributed by atoms with Crippen LogP contribution in [0, 0.1) is 6.92 Å². The Bertz CT molecular complexity index is 1250. The van der Waals surface area contributed by atoms with Gasteiger partial charge in [-0.25, -0.2) is 16.8 Å². The zero-order valence-electron chi connectivity index (χ0n) is 18.4. The van der Waals surface area contributed by atoms with Crippen LogP contribution in [0.1, 0.15) is 28.4 Å². The van der Waals surface area contributed by atoms with E-state index >= 15 is 0 Å². The number of amides is 1. The molecule has 0 saturated carbocycles. The summed E-state index contributed by atoms with van der Waals surface area (Å²) in [5, 5.41) is 0. The van der Waals surface area contributed by atoms with Crippen molar-refractivity contribution in [2.45, 2.75) is 31.2 Å². The van der Waals surface area contributed by atoms with Gasteiger partial charge in [0.05, 0.1) is 16.8 Å². The lowest BCUT2D eigenvalue weighted by Gasteiger charge is -2.34. The third-order valence-electron chi connectivity index (χ3n) is 6.02. The fourth-order valence-electron chi connectivity index (χ4n) is 4.41. The van der Waals surface area contributed by atoms with Crippen LogP contribution in [0.25, 0.3) is 0 Å². The van der Waals surface area contributed by atoms with E-state index in [9.17, 15) is 21.6 Å². The summed E-state index contributed by atoms with van der Waals surface area (Å²) in [6, 6.07) is 11.6. The molecule has 0 aromatic heterocycles. The number of anilines is 1. The first-order valence-corrected chi connectivity index (χ1v) is 13.8. The molecule has 8 nitrogen and oxygen atoms in total. The Morgan fingerprint density at radius 2 is 1.56 bits per heavy atom. The highest BCUT2D eigenvalue weighted by molar-refractivity contribution is 7.92. The highest BCUT2D eigenvalue weighted by atomic mass is 32.2. The molecule has 0 unspecified atom stereocenters. The number of hydrogen-bond acceptors (Lipinski definition) is 5. The molecule has 1 saturated heterocycles. The van der Waals surface area contributed by atoms with Gasteiger partial charge in [-0.3, -0.25) is 9.10 Å². The minimum atomic E-state index is -3.59. The minimum Gasteiger partial charge on any atom is -0.336 e. The Balaban J connectivity index is 1.47. The predicted octanol–water partition coefficient (Wildman–Crippen LogP) is 1.85. The fraction of sp³-hybridized carbons (Fsp3) is 0.409. The molecule has 2 aromatic rings. The molecule has 172 valence electrons. The largest absolute Gasteiger partial charge is 0.336 e. The number of nitrogens with zero attached hydrogens (tertiary/aromatic N) is 3.